The zero-order valence-electron chi connectivity index (χ0n) is 12.7. The number of benzene rings is 1. The Labute approximate surface area is 123 Å². The summed E-state index contributed by atoms with van der Waals surface area (Å²) >= 11 is 0. The van der Waals surface area contributed by atoms with Gasteiger partial charge in [-0.15, -0.1) is 0 Å². The molecule has 0 saturated heterocycles. The number of aryl methyl sites for hydroxylation is 1. The van der Waals surface area contributed by atoms with Crippen molar-refractivity contribution in [3.8, 4) is 17.2 Å². The largest absolute Gasteiger partial charge is 0.497 e. The van der Waals surface area contributed by atoms with E-state index in [4.69, 9.17) is 15.2 Å². The van der Waals surface area contributed by atoms with Gasteiger partial charge in [-0.3, -0.25) is 4.79 Å². The lowest BCUT2D eigenvalue weighted by Gasteiger charge is -2.17. The molecule has 0 radical (unpaired) electrons. The van der Waals surface area contributed by atoms with Crippen LogP contribution >= 0.6 is 0 Å². The van der Waals surface area contributed by atoms with Crippen molar-refractivity contribution >= 4 is 0 Å². The van der Waals surface area contributed by atoms with E-state index in [1.807, 2.05) is 23.6 Å². The molecule has 0 fully saturated rings. The molecular formula is C16H20N2O3. The second-order valence-corrected chi connectivity index (χ2v) is 4.93. The summed E-state index contributed by atoms with van der Waals surface area (Å²) in [5, 5.41) is 0. The van der Waals surface area contributed by atoms with Gasteiger partial charge in [0, 0.05) is 35.6 Å². The smallest absolute Gasteiger partial charge is 0.186 e. The highest BCUT2D eigenvalue weighted by Crippen LogP contribution is 2.28. The number of nitrogens with two attached hydrogens (primary N) is 1. The van der Waals surface area contributed by atoms with Gasteiger partial charge in [0.25, 0.3) is 0 Å². The standard InChI is InChI=1S/C16H20N2O3/c1-10-7-15(19)13(11(2)17)9-18(10)14-6-5-12(20-3)8-16(14)21-4/h5-9,11H,17H2,1-4H3. The number of nitrogens with zero attached hydrogens (tertiary/aromatic N) is 1. The van der Waals surface area contributed by atoms with Crippen LogP contribution in [0.4, 0.5) is 0 Å². The van der Waals surface area contributed by atoms with Gasteiger partial charge in [-0.25, -0.2) is 0 Å². The van der Waals surface area contributed by atoms with Crippen LogP contribution in [0.3, 0.4) is 0 Å². The molecule has 112 valence electrons. The van der Waals surface area contributed by atoms with Gasteiger partial charge in [-0.05, 0) is 26.0 Å². The molecule has 21 heavy (non-hydrogen) atoms. The van der Waals surface area contributed by atoms with Crippen molar-refractivity contribution in [1.82, 2.24) is 4.57 Å². The molecule has 0 aliphatic carbocycles. The number of hydrogen-bond acceptors (Lipinski definition) is 4. The quantitative estimate of drug-likeness (QED) is 0.936. The van der Waals surface area contributed by atoms with Crippen LogP contribution in [0.1, 0.15) is 24.2 Å². The molecule has 2 aromatic rings. The number of pyridine rings is 1. The van der Waals surface area contributed by atoms with Gasteiger partial charge in [0.2, 0.25) is 0 Å². The zero-order chi connectivity index (χ0) is 15.6. The minimum absolute atomic E-state index is 0.0498. The predicted octanol–water partition coefficient (Wildman–Crippen LogP) is 2.18. The van der Waals surface area contributed by atoms with Crippen LogP contribution in [-0.2, 0) is 0 Å². The molecule has 0 aliphatic heterocycles. The Bertz CT molecular complexity index is 705. The van der Waals surface area contributed by atoms with Gasteiger partial charge in [0.15, 0.2) is 5.43 Å². The first-order valence-corrected chi connectivity index (χ1v) is 6.69. The molecule has 2 rings (SSSR count). The fraction of sp³-hybridized carbons (Fsp3) is 0.312. The molecule has 0 bridgehead atoms. The first-order valence-electron chi connectivity index (χ1n) is 6.69. The lowest BCUT2D eigenvalue weighted by molar-refractivity contribution is 0.393. The molecule has 1 unspecified atom stereocenters. The van der Waals surface area contributed by atoms with Crippen molar-refractivity contribution in [1.29, 1.82) is 0 Å². The number of aromatic nitrogens is 1. The number of methoxy groups -OCH3 is 2. The van der Waals surface area contributed by atoms with Gasteiger partial charge in [-0.1, -0.05) is 0 Å². The molecule has 1 heterocycles. The number of rotatable bonds is 4. The monoisotopic (exact) mass is 288 g/mol. The Morgan fingerprint density at radius 1 is 1.19 bits per heavy atom. The van der Waals surface area contributed by atoms with E-state index in [0.29, 0.717) is 17.1 Å². The van der Waals surface area contributed by atoms with E-state index in [1.165, 1.54) is 0 Å². The highest BCUT2D eigenvalue weighted by molar-refractivity contribution is 5.52. The van der Waals surface area contributed by atoms with E-state index in [-0.39, 0.29) is 11.5 Å². The van der Waals surface area contributed by atoms with E-state index >= 15 is 0 Å². The van der Waals surface area contributed by atoms with E-state index in [0.717, 1.165) is 11.4 Å². The van der Waals surface area contributed by atoms with Gasteiger partial charge < -0.3 is 19.8 Å². The lowest BCUT2D eigenvalue weighted by Crippen LogP contribution is -2.20. The predicted molar refractivity (Wildman–Crippen MR) is 82.5 cm³/mol. The maximum Gasteiger partial charge on any atom is 0.186 e. The summed E-state index contributed by atoms with van der Waals surface area (Å²) < 4.78 is 12.5. The van der Waals surface area contributed by atoms with Gasteiger partial charge in [-0.2, -0.15) is 0 Å². The minimum Gasteiger partial charge on any atom is -0.497 e. The zero-order valence-corrected chi connectivity index (χ0v) is 12.7. The molecule has 5 nitrogen and oxygen atoms in total. The van der Waals surface area contributed by atoms with E-state index in [2.05, 4.69) is 0 Å². The van der Waals surface area contributed by atoms with Gasteiger partial charge in [0.05, 0.1) is 19.9 Å². The van der Waals surface area contributed by atoms with Gasteiger partial charge >= 0.3 is 0 Å². The number of hydrogen-bond donors (Lipinski definition) is 1. The second-order valence-electron chi connectivity index (χ2n) is 4.93. The van der Waals surface area contributed by atoms with Crippen LogP contribution in [0.15, 0.2) is 35.3 Å². The minimum atomic E-state index is -0.325. The van der Waals surface area contributed by atoms with Crippen LogP contribution in [0.5, 0.6) is 11.5 Å². The first kappa shape index (κ1) is 15.1. The summed E-state index contributed by atoms with van der Waals surface area (Å²) in [4.78, 5) is 12.0. The Morgan fingerprint density at radius 3 is 2.48 bits per heavy atom. The van der Waals surface area contributed by atoms with Crippen LogP contribution in [0.25, 0.3) is 5.69 Å². The second kappa shape index (κ2) is 6.01. The normalized spacial score (nSPS) is 12.0. The highest BCUT2D eigenvalue weighted by Gasteiger charge is 2.12. The van der Waals surface area contributed by atoms with Crippen molar-refractivity contribution in [3.05, 3.63) is 51.9 Å². The molecule has 0 spiro atoms. The summed E-state index contributed by atoms with van der Waals surface area (Å²) in [6.45, 7) is 3.66. The van der Waals surface area contributed by atoms with Crippen molar-refractivity contribution < 1.29 is 9.47 Å². The maximum absolute atomic E-state index is 12.0. The fourth-order valence-corrected chi connectivity index (χ4v) is 2.23. The molecule has 2 N–H and O–H groups in total. The third kappa shape index (κ3) is 2.92. The van der Waals surface area contributed by atoms with Crippen LogP contribution in [0, 0.1) is 6.92 Å². The lowest BCUT2D eigenvalue weighted by atomic mass is 10.1. The Hall–Kier alpha value is -2.27. The molecule has 0 saturated carbocycles. The Kier molecular flexibility index (Phi) is 4.33. The maximum atomic E-state index is 12.0. The van der Waals surface area contributed by atoms with Crippen molar-refractivity contribution in [2.75, 3.05) is 14.2 Å². The first-order chi connectivity index (χ1) is 9.97. The average Bonchev–Trinajstić information content (AvgIpc) is 2.46. The third-order valence-electron chi connectivity index (χ3n) is 3.41. The fourth-order valence-electron chi connectivity index (χ4n) is 2.23. The molecule has 1 atom stereocenters. The third-order valence-corrected chi connectivity index (χ3v) is 3.41. The molecule has 0 amide bonds. The topological polar surface area (TPSA) is 66.5 Å². The SMILES string of the molecule is COc1ccc(-n2cc(C(C)N)c(=O)cc2C)c(OC)c1. The molecule has 5 heteroatoms. The number of ether oxygens (including phenoxy) is 2. The molecule has 1 aromatic carbocycles. The van der Waals surface area contributed by atoms with E-state index < -0.39 is 0 Å². The van der Waals surface area contributed by atoms with Crippen LogP contribution < -0.4 is 20.6 Å². The summed E-state index contributed by atoms with van der Waals surface area (Å²) in [5.74, 6) is 1.37. The Balaban J connectivity index is 2.66. The molecular weight excluding hydrogens is 268 g/mol. The summed E-state index contributed by atoms with van der Waals surface area (Å²) in [7, 11) is 3.20. The van der Waals surface area contributed by atoms with Crippen molar-refractivity contribution in [2.45, 2.75) is 19.9 Å². The molecule has 1 aromatic heterocycles. The summed E-state index contributed by atoms with van der Waals surface area (Å²) in [5.41, 5.74) is 8.03. The van der Waals surface area contributed by atoms with Crippen molar-refractivity contribution in [3.63, 3.8) is 0 Å². The van der Waals surface area contributed by atoms with Crippen LogP contribution in [0.2, 0.25) is 0 Å². The highest BCUT2D eigenvalue weighted by atomic mass is 16.5. The average molecular weight is 288 g/mol. The van der Waals surface area contributed by atoms with E-state index in [1.54, 1.807) is 39.5 Å². The Morgan fingerprint density at radius 2 is 1.90 bits per heavy atom. The van der Waals surface area contributed by atoms with E-state index in [9.17, 15) is 4.79 Å². The molecule has 0 aliphatic rings. The summed E-state index contributed by atoms with van der Waals surface area (Å²) in [6, 6.07) is 6.80. The van der Waals surface area contributed by atoms with Crippen molar-refractivity contribution in [2.24, 2.45) is 5.73 Å². The van der Waals surface area contributed by atoms with Crippen LogP contribution in [-0.4, -0.2) is 18.8 Å². The van der Waals surface area contributed by atoms with Gasteiger partial charge in [0.1, 0.15) is 11.5 Å². The summed E-state index contributed by atoms with van der Waals surface area (Å²) in [6.07, 6.45) is 1.77.